The third-order valence-corrected chi connectivity index (χ3v) is 10.8. The second-order valence-electron chi connectivity index (χ2n) is 11.6. The van der Waals surface area contributed by atoms with Gasteiger partial charge in [-0.25, -0.2) is 4.39 Å². The zero-order valence-electron chi connectivity index (χ0n) is 20.9. The second-order valence-corrected chi connectivity index (χ2v) is 12.4. The molecule has 5 aliphatic rings. The molecule has 6 nitrogen and oxygen atoms in total. The highest BCUT2D eigenvalue weighted by molar-refractivity contribution is 9.09. The van der Waals surface area contributed by atoms with E-state index < -0.39 is 40.1 Å². The van der Waals surface area contributed by atoms with Crippen molar-refractivity contribution in [2.45, 2.75) is 82.6 Å². The zero-order chi connectivity index (χ0) is 25.4. The number of ketones is 2. The number of carbonyl (C=O) groups is 2. The van der Waals surface area contributed by atoms with Crippen molar-refractivity contribution >= 4 is 27.5 Å². The van der Waals surface area contributed by atoms with Gasteiger partial charge in [0.1, 0.15) is 12.2 Å². The van der Waals surface area contributed by atoms with Gasteiger partial charge in [-0.15, -0.1) is 0 Å². The molecule has 35 heavy (non-hydrogen) atoms. The van der Waals surface area contributed by atoms with Gasteiger partial charge in [0.05, 0.1) is 6.10 Å². The molecule has 1 N–H and O–H groups in total. The Morgan fingerprint density at radius 1 is 1.29 bits per heavy atom. The van der Waals surface area contributed by atoms with Gasteiger partial charge in [0.2, 0.25) is 0 Å². The number of hydrogen-bond acceptors (Lipinski definition) is 6. The molecule has 0 aromatic heterocycles. The number of aliphatic hydroxyl groups is 1. The van der Waals surface area contributed by atoms with E-state index in [2.05, 4.69) is 15.9 Å². The van der Waals surface area contributed by atoms with Gasteiger partial charge in [-0.3, -0.25) is 9.59 Å². The van der Waals surface area contributed by atoms with Crippen molar-refractivity contribution < 1.29 is 33.3 Å². The summed E-state index contributed by atoms with van der Waals surface area (Å²) in [5.74, 6) is -2.51. The molecule has 5 rings (SSSR count). The number of allylic oxidation sites excluding steroid dienone is 4. The van der Waals surface area contributed by atoms with Gasteiger partial charge in [-0.05, 0) is 63.0 Å². The molecular weight excluding hydrogens is 519 g/mol. The van der Waals surface area contributed by atoms with Crippen molar-refractivity contribution in [3.63, 3.8) is 0 Å². The summed E-state index contributed by atoms with van der Waals surface area (Å²) in [6.07, 6.45) is 6.28. The van der Waals surface area contributed by atoms with Crippen LogP contribution in [0.1, 0.15) is 59.3 Å². The molecule has 1 aliphatic heterocycles. The number of methoxy groups -OCH3 is 1. The SMILES string of the molecule is COC1(CCCBr)OCC(=O)C2(O1)C(C)CC1C3CCC4=CC(=O)C=CC4(C)C3(F)C(O)CC12C. The van der Waals surface area contributed by atoms with Crippen molar-refractivity contribution in [3.05, 3.63) is 23.8 Å². The molecule has 9 unspecified atom stereocenters. The first-order chi connectivity index (χ1) is 16.4. The normalized spacial score (nSPS) is 51.1. The number of carbonyl (C=O) groups excluding carboxylic acids is 2. The Morgan fingerprint density at radius 3 is 2.71 bits per heavy atom. The molecule has 0 amide bonds. The highest BCUT2D eigenvalue weighted by atomic mass is 79.9. The number of aliphatic hydroxyl groups excluding tert-OH is 1. The van der Waals surface area contributed by atoms with E-state index in [1.165, 1.54) is 13.2 Å². The van der Waals surface area contributed by atoms with Crippen LogP contribution in [0.4, 0.5) is 4.39 Å². The summed E-state index contributed by atoms with van der Waals surface area (Å²) in [5.41, 5.74) is -4.28. The number of ether oxygens (including phenoxy) is 3. The average molecular weight is 555 g/mol. The first-order valence-electron chi connectivity index (χ1n) is 12.7. The average Bonchev–Trinajstić information content (AvgIpc) is 3.03. The molecular formula is C27H36BrFO6. The third-order valence-electron chi connectivity index (χ3n) is 10.3. The van der Waals surface area contributed by atoms with Gasteiger partial charge in [0.15, 0.2) is 17.2 Å². The van der Waals surface area contributed by atoms with Crippen LogP contribution in [0.25, 0.3) is 0 Å². The minimum Gasteiger partial charge on any atom is -0.390 e. The number of alkyl halides is 2. The van der Waals surface area contributed by atoms with Gasteiger partial charge in [-0.1, -0.05) is 41.4 Å². The molecule has 1 spiro atoms. The van der Waals surface area contributed by atoms with Crippen molar-refractivity contribution in [2.24, 2.45) is 28.6 Å². The van der Waals surface area contributed by atoms with Crippen LogP contribution in [0, 0.1) is 28.6 Å². The molecule has 9 atom stereocenters. The van der Waals surface area contributed by atoms with Crippen LogP contribution in [0.5, 0.6) is 0 Å². The lowest BCUT2D eigenvalue weighted by atomic mass is 9.44. The maximum atomic E-state index is 17.4. The molecule has 0 aromatic carbocycles. The Morgan fingerprint density at radius 2 is 2.03 bits per heavy atom. The molecule has 0 bridgehead atoms. The first kappa shape index (κ1) is 25.7. The first-order valence-corrected chi connectivity index (χ1v) is 13.9. The molecule has 1 saturated heterocycles. The van der Waals surface area contributed by atoms with Crippen molar-refractivity contribution in [3.8, 4) is 0 Å². The van der Waals surface area contributed by atoms with Crippen LogP contribution in [-0.2, 0) is 23.8 Å². The maximum absolute atomic E-state index is 17.4. The van der Waals surface area contributed by atoms with Gasteiger partial charge in [0, 0.05) is 35.6 Å². The minimum absolute atomic E-state index is 0.0869. The molecule has 8 heteroatoms. The number of fused-ring (bicyclic) bond motifs is 6. The number of rotatable bonds is 4. The lowest BCUT2D eigenvalue weighted by Crippen LogP contribution is -2.72. The van der Waals surface area contributed by atoms with E-state index in [-0.39, 0.29) is 36.4 Å². The topological polar surface area (TPSA) is 82.1 Å². The van der Waals surface area contributed by atoms with Crippen molar-refractivity contribution in [2.75, 3.05) is 19.0 Å². The highest BCUT2D eigenvalue weighted by Gasteiger charge is 2.78. The van der Waals surface area contributed by atoms with Gasteiger partial charge < -0.3 is 19.3 Å². The van der Waals surface area contributed by atoms with E-state index >= 15 is 4.39 Å². The summed E-state index contributed by atoms with van der Waals surface area (Å²) in [6.45, 7) is 5.66. The smallest absolute Gasteiger partial charge is 0.284 e. The number of Topliss-reactive ketones (excluding diaryl/α,β-unsaturated/α-hetero) is 1. The quantitative estimate of drug-likeness (QED) is 0.517. The monoisotopic (exact) mass is 554 g/mol. The van der Waals surface area contributed by atoms with Crippen LogP contribution in [0.2, 0.25) is 0 Å². The Balaban J connectivity index is 1.59. The Hall–Kier alpha value is -0.930. The summed E-state index contributed by atoms with van der Waals surface area (Å²) in [7, 11) is 1.52. The third kappa shape index (κ3) is 3.13. The van der Waals surface area contributed by atoms with Crippen LogP contribution in [0.15, 0.2) is 23.8 Å². The lowest BCUT2D eigenvalue weighted by Gasteiger charge is -2.63. The van der Waals surface area contributed by atoms with Gasteiger partial charge in [-0.2, -0.15) is 0 Å². The molecule has 3 saturated carbocycles. The van der Waals surface area contributed by atoms with Crippen LogP contribution in [0.3, 0.4) is 0 Å². The van der Waals surface area contributed by atoms with E-state index in [1.807, 2.05) is 13.8 Å². The lowest BCUT2D eigenvalue weighted by molar-refractivity contribution is -0.431. The Labute approximate surface area is 214 Å². The van der Waals surface area contributed by atoms with E-state index in [4.69, 9.17) is 14.2 Å². The van der Waals surface area contributed by atoms with Gasteiger partial charge >= 0.3 is 0 Å². The molecule has 0 aromatic rings. The maximum Gasteiger partial charge on any atom is 0.284 e. The molecule has 1 heterocycles. The molecule has 194 valence electrons. The Kier molecular flexibility index (Phi) is 6.09. The van der Waals surface area contributed by atoms with Crippen molar-refractivity contribution in [1.29, 1.82) is 0 Å². The fraction of sp³-hybridized carbons (Fsp3) is 0.778. The summed E-state index contributed by atoms with van der Waals surface area (Å²) in [5, 5.41) is 12.3. The van der Waals surface area contributed by atoms with Crippen LogP contribution >= 0.6 is 15.9 Å². The van der Waals surface area contributed by atoms with Crippen molar-refractivity contribution in [1.82, 2.24) is 0 Å². The van der Waals surface area contributed by atoms with E-state index in [1.54, 1.807) is 19.1 Å². The minimum atomic E-state index is -1.94. The summed E-state index contributed by atoms with van der Waals surface area (Å²) < 4.78 is 35.6. The molecule has 4 aliphatic carbocycles. The predicted octanol–water partition coefficient (Wildman–Crippen LogP) is 4.43. The van der Waals surface area contributed by atoms with Gasteiger partial charge in [0.25, 0.3) is 5.97 Å². The summed E-state index contributed by atoms with van der Waals surface area (Å²) in [6, 6.07) is 0. The number of halogens is 2. The zero-order valence-corrected chi connectivity index (χ0v) is 22.5. The second kappa shape index (κ2) is 8.29. The van der Waals surface area contributed by atoms with E-state index in [9.17, 15) is 14.7 Å². The highest BCUT2D eigenvalue weighted by Crippen LogP contribution is 2.72. The van der Waals surface area contributed by atoms with E-state index in [0.29, 0.717) is 25.7 Å². The predicted molar refractivity (Wildman–Crippen MR) is 130 cm³/mol. The standard InChI is InChI=1S/C27H36BrFO6/c1-16-12-20-19-7-6-17-13-18(30)8-10-23(17,2)26(19,29)21(31)14-24(20,3)27(16)22(32)15-34-25(33-4,35-27)9-5-11-28/h8,10,13,16,19-21,31H,5-7,9,11-12,14-15H2,1-4H3. The molecule has 0 radical (unpaired) electrons. The largest absolute Gasteiger partial charge is 0.390 e. The Bertz CT molecular complexity index is 998. The van der Waals surface area contributed by atoms with Crippen LogP contribution in [-0.4, -0.2) is 59.1 Å². The van der Waals surface area contributed by atoms with E-state index in [0.717, 1.165) is 17.3 Å². The fourth-order valence-electron chi connectivity index (χ4n) is 8.57. The number of hydrogen-bond donors (Lipinski definition) is 1. The fourth-order valence-corrected chi connectivity index (χ4v) is 8.85. The summed E-state index contributed by atoms with van der Waals surface area (Å²) >= 11 is 3.44. The van der Waals surface area contributed by atoms with Crippen LogP contribution < -0.4 is 0 Å². The summed E-state index contributed by atoms with van der Waals surface area (Å²) in [4.78, 5) is 25.7. The molecule has 4 fully saturated rings.